The van der Waals surface area contributed by atoms with Crippen LogP contribution in [-0.2, 0) is 118 Å². The fourth-order valence-corrected chi connectivity index (χ4v) is 16.1. The molecule has 1 unspecified atom stereocenters. The summed E-state index contributed by atoms with van der Waals surface area (Å²) in [6, 6.07) is 11.6. The fraction of sp³-hybridized carbons (Fsp3) is 0.634. The molecule has 2 aromatic rings. The van der Waals surface area contributed by atoms with Gasteiger partial charge in [0, 0.05) is 161 Å². The minimum Gasteiger partial charge on any atom is -0.481 e. The van der Waals surface area contributed by atoms with Crippen molar-refractivity contribution in [3.8, 4) is 0 Å². The minimum absolute atomic E-state index is 0.0142. The molecule has 1 fully saturated rings. The first-order valence-corrected chi connectivity index (χ1v) is 47.2. The highest BCUT2D eigenvalue weighted by atomic mass is 32.2. The monoisotopic (exact) mass is 1910 g/mol. The van der Waals surface area contributed by atoms with Gasteiger partial charge in [0.15, 0.2) is 17.3 Å². The molecule has 0 aromatic heterocycles. The third-order valence-corrected chi connectivity index (χ3v) is 24.0. The average molecular weight is 1910 g/mol. The number of Topliss-reactive ketones (excluding diaryl/α,β-unsaturated/α-hetero) is 6. The van der Waals surface area contributed by atoms with Gasteiger partial charge in [-0.15, -0.1) is 11.8 Å². The van der Waals surface area contributed by atoms with Gasteiger partial charge < -0.3 is 57.2 Å². The van der Waals surface area contributed by atoms with Crippen LogP contribution >= 0.6 is 11.8 Å². The van der Waals surface area contributed by atoms with Crippen molar-refractivity contribution in [2.45, 2.75) is 306 Å². The van der Waals surface area contributed by atoms with E-state index in [2.05, 4.69) is 26.6 Å². The summed E-state index contributed by atoms with van der Waals surface area (Å²) >= 11 is 0.687. The number of likely N-dealkylation sites (tertiary alicyclic amines) is 1. The number of thioether (sulfide) groups is 1. The first-order chi connectivity index (χ1) is 63.7. The number of rotatable bonds is 79. The molecule has 10 amide bonds. The van der Waals surface area contributed by atoms with Gasteiger partial charge in [0.05, 0.1) is 60.4 Å². The van der Waals surface area contributed by atoms with Crippen molar-refractivity contribution in [1.82, 2.24) is 46.7 Å². The first-order valence-electron chi connectivity index (χ1n) is 46.1. The van der Waals surface area contributed by atoms with Gasteiger partial charge in [-0.3, -0.25) is 126 Å². The number of benzene rings is 2. The Morgan fingerprint density at radius 3 is 1.30 bits per heavy atom. The Hall–Kier alpha value is -11.6. The van der Waals surface area contributed by atoms with E-state index in [0.717, 1.165) is 24.2 Å². The molecule has 14 N–H and O–H groups in total. The molecule has 8 atom stereocenters. The van der Waals surface area contributed by atoms with Gasteiger partial charge in [-0.2, -0.15) is 0 Å². The predicted octanol–water partition coefficient (Wildman–Crippen LogP) is 7.68. The summed E-state index contributed by atoms with van der Waals surface area (Å²) in [6.45, 7) is 1.50. The van der Waals surface area contributed by atoms with Gasteiger partial charge in [-0.25, -0.2) is 15.2 Å². The van der Waals surface area contributed by atoms with Crippen molar-refractivity contribution < 1.29 is 152 Å². The molecule has 0 saturated carbocycles. The molecule has 40 nitrogen and oxygen atoms in total. The second kappa shape index (κ2) is 66.7. The molecule has 0 radical (unpaired) electrons. The summed E-state index contributed by atoms with van der Waals surface area (Å²) in [7, 11) is 0. The lowest BCUT2D eigenvalue weighted by atomic mass is 9.88. The number of imide groups is 1. The summed E-state index contributed by atoms with van der Waals surface area (Å²) in [6.07, 6.45) is 4.87. The molecule has 41 heteroatoms. The van der Waals surface area contributed by atoms with Crippen LogP contribution in [0, 0.1) is 23.7 Å². The molecule has 0 spiro atoms. The van der Waals surface area contributed by atoms with Crippen molar-refractivity contribution in [3.63, 3.8) is 0 Å². The number of ketones is 6. The lowest BCUT2D eigenvalue weighted by molar-refractivity contribution is -0.166. The number of hydrogen-bond donors (Lipinski definition) is 14. The van der Waals surface area contributed by atoms with Crippen LogP contribution in [0.3, 0.4) is 0 Å². The highest BCUT2D eigenvalue weighted by Gasteiger charge is 2.42. The topological polar surface area (TPSA) is 631 Å². The summed E-state index contributed by atoms with van der Waals surface area (Å²) in [5, 5.41) is 101. The van der Waals surface area contributed by atoms with Crippen LogP contribution < -0.4 is 26.6 Å². The second-order valence-electron chi connectivity index (χ2n) is 33.9. The number of aliphatic carboxylic acids is 6. The smallest absolute Gasteiger partial charge is 0.307 e. The Balaban J connectivity index is 1.49. The van der Waals surface area contributed by atoms with Gasteiger partial charge in [-0.05, 0) is 101 Å². The van der Waals surface area contributed by atoms with E-state index in [-0.39, 0.29) is 147 Å². The summed E-state index contributed by atoms with van der Waals surface area (Å²) < 4.78 is 0. The third-order valence-electron chi connectivity index (χ3n) is 22.6. The quantitative estimate of drug-likeness (QED) is 0.0131. The van der Waals surface area contributed by atoms with Crippen molar-refractivity contribution in [3.05, 3.63) is 71.8 Å². The Morgan fingerprint density at radius 1 is 0.373 bits per heavy atom. The normalized spacial score (nSPS) is 13.9. The van der Waals surface area contributed by atoms with E-state index in [4.69, 9.17) is 5.11 Å². The van der Waals surface area contributed by atoms with Crippen LogP contribution in [0.25, 0.3) is 0 Å². The maximum absolute atomic E-state index is 14.6. The van der Waals surface area contributed by atoms with Crippen molar-refractivity contribution in [1.29, 1.82) is 0 Å². The third kappa shape index (κ3) is 52.2. The fourth-order valence-electron chi connectivity index (χ4n) is 14.8. The van der Waals surface area contributed by atoms with E-state index >= 15 is 0 Å². The maximum Gasteiger partial charge on any atom is 0.307 e. The standard InChI is InChI=1S/C93H135N9O31S/c1-62(103)100(131)47-25-8-6-20-36-70(105)40-42-82(113)101(132)49-27-13-24-45-94-79(110)41-43-83(114)102(133)48-26-9-7-21-37-71(106)44-50-99-84(115)60-78(91(99)126)134-61-68(93(129)130)55-77(109)74(59-88(122)123)98-90(125)67(57-86(118)119)54-76(108)73(58-87(120)121)97-89(124)66(51-63-29-14-10-15-30-63)53-75(107)72(52-64-31-16-11-17-32-64)96-80(111)38-23-5-3-2-4-19-34-69(104)35-22-12-18-33-65(92(127)128)56-81(112)95-46-28-39-85(116)117/h10-11,14-17,29-32,65-68,72-74,78,131-133H,2-9,12-13,18-28,33-61H2,1H3,(H,94,110)(H,95,112)(H,96,111)(H,97,124)(H,98,125)(H,116,117)(H,118,119)(H,120,121)(H,122,123)(H,127,128)(H,129,130)/t65-,66-,67+,68+,72+,73+,74+,78?/m1/s1. The van der Waals surface area contributed by atoms with Crippen LogP contribution in [0.15, 0.2) is 60.7 Å². The molecule has 744 valence electrons. The number of carboxylic acids is 6. The Bertz CT molecular complexity index is 4210. The van der Waals surface area contributed by atoms with Crippen LogP contribution in [0.2, 0.25) is 0 Å². The second-order valence-corrected chi connectivity index (χ2v) is 35.1. The molecule has 0 aliphatic carbocycles. The number of unbranched alkanes of at least 4 members (excludes halogenated alkanes) is 15. The summed E-state index contributed by atoms with van der Waals surface area (Å²) in [5.74, 6) is -25.6. The molecule has 0 bridgehead atoms. The van der Waals surface area contributed by atoms with E-state index in [1.807, 2.05) is 0 Å². The molecular formula is C93H135N9O31S. The minimum atomic E-state index is -2.07. The van der Waals surface area contributed by atoms with E-state index in [1.54, 1.807) is 60.7 Å². The van der Waals surface area contributed by atoms with Gasteiger partial charge in [0.2, 0.25) is 59.1 Å². The highest BCUT2D eigenvalue weighted by molar-refractivity contribution is 8.00. The maximum atomic E-state index is 14.6. The Labute approximate surface area is 783 Å². The molecular weight excluding hydrogens is 1770 g/mol. The van der Waals surface area contributed by atoms with E-state index < -0.39 is 210 Å². The molecule has 1 aliphatic heterocycles. The molecule has 2 aromatic carbocycles. The van der Waals surface area contributed by atoms with Crippen molar-refractivity contribution in [2.24, 2.45) is 23.7 Å². The largest absolute Gasteiger partial charge is 0.481 e. The molecule has 1 saturated heterocycles. The van der Waals surface area contributed by atoms with Crippen molar-refractivity contribution in [2.75, 3.05) is 45.0 Å². The van der Waals surface area contributed by atoms with Gasteiger partial charge in [0.1, 0.15) is 17.3 Å². The number of amides is 10. The Kier molecular flexibility index (Phi) is 58.1. The zero-order valence-corrected chi connectivity index (χ0v) is 77.3. The first kappa shape index (κ1) is 117. The van der Waals surface area contributed by atoms with Gasteiger partial charge in [0.25, 0.3) is 0 Å². The molecule has 1 heterocycles. The Morgan fingerprint density at radius 2 is 0.791 bits per heavy atom. The SMILES string of the molecule is CC(=O)N(O)CCCCCCC(=O)CCC(=O)N(O)CCCCCNC(=O)CCC(=O)N(O)CCCCCCC(=O)CCN1C(=O)CC(SC[C@H](CC(=O)[C@H](CC(=O)O)NC(=O)[C@H](CC(=O)O)CC(=O)[C@H](CC(=O)O)NC(=O)[C@@H](CC(=O)[C@H](Cc2ccccc2)NC(=O)CCCCCCCCC(=O)CCCCC[C@H](CC(=O)NCCCC(=O)O)C(=O)O)Cc2ccccc2)C(=O)O)C1=O. The lowest BCUT2D eigenvalue weighted by Crippen LogP contribution is -2.49. The highest BCUT2D eigenvalue weighted by Crippen LogP contribution is 2.30. The van der Waals surface area contributed by atoms with E-state index in [1.165, 1.54) is 6.92 Å². The number of carbonyl (C=O) groups is 22. The van der Waals surface area contributed by atoms with Crippen molar-refractivity contribution >= 4 is 141 Å². The predicted molar refractivity (Wildman–Crippen MR) is 480 cm³/mol. The average Bonchev–Trinajstić information content (AvgIpc) is 1.67. The van der Waals surface area contributed by atoms with E-state index in [9.17, 15) is 147 Å². The number of hydrogen-bond acceptors (Lipinski definition) is 26. The molecule has 134 heavy (non-hydrogen) atoms. The van der Waals surface area contributed by atoms with Crippen LogP contribution in [0.4, 0.5) is 0 Å². The van der Waals surface area contributed by atoms with Crippen LogP contribution in [-0.4, -0.2) is 264 Å². The number of hydroxylamine groups is 6. The number of nitrogens with zero attached hydrogens (tertiary/aromatic N) is 4. The molecule has 3 rings (SSSR count). The summed E-state index contributed by atoms with van der Waals surface area (Å²) in [5.41, 5.74) is 1.16. The zero-order chi connectivity index (χ0) is 99.5. The number of nitrogens with one attached hydrogen (secondary N) is 5. The zero-order valence-electron chi connectivity index (χ0n) is 76.5. The van der Waals surface area contributed by atoms with E-state index in [0.29, 0.717) is 160 Å². The van der Waals surface area contributed by atoms with Gasteiger partial charge >= 0.3 is 35.8 Å². The number of carboxylic acid groups (broad SMARTS) is 6. The lowest BCUT2D eigenvalue weighted by Gasteiger charge is -2.25. The summed E-state index contributed by atoms with van der Waals surface area (Å²) in [4.78, 5) is 283. The van der Waals surface area contributed by atoms with Crippen LogP contribution in [0.1, 0.15) is 281 Å². The van der Waals surface area contributed by atoms with Crippen LogP contribution in [0.5, 0.6) is 0 Å². The number of carbonyl (C=O) groups excluding carboxylic acids is 16. The van der Waals surface area contributed by atoms with Gasteiger partial charge in [-0.1, -0.05) is 125 Å². The molecule has 1 aliphatic rings.